The molecule has 0 saturated heterocycles. The van der Waals surface area contributed by atoms with E-state index in [-0.39, 0.29) is 11.9 Å². The summed E-state index contributed by atoms with van der Waals surface area (Å²) in [5.74, 6) is 1.66. The third-order valence-corrected chi connectivity index (χ3v) is 6.74. The highest BCUT2D eigenvalue weighted by molar-refractivity contribution is 6.00. The largest absolute Gasteiger partial charge is 0.351 e. The number of allylic oxidation sites excluding steroid dienone is 2. The molecule has 0 spiro atoms. The maximum Gasteiger partial charge on any atom is 0.234 e. The van der Waals surface area contributed by atoms with E-state index >= 15 is 0 Å². The van der Waals surface area contributed by atoms with Crippen molar-refractivity contribution in [2.45, 2.75) is 77.8 Å². The summed E-state index contributed by atoms with van der Waals surface area (Å²) in [7, 11) is 1.85. The van der Waals surface area contributed by atoms with Crippen LogP contribution in [0.15, 0.2) is 30.0 Å². The maximum atomic E-state index is 13.1. The van der Waals surface area contributed by atoms with Gasteiger partial charge < -0.3 is 15.1 Å². The monoisotopic (exact) mass is 409 g/mol. The van der Waals surface area contributed by atoms with Gasteiger partial charge in [0.1, 0.15) is 5.69 Å². The quantitative estimate of drug-likeness (QED) is 0.764. The molecule has 30 heavy (non-hydrogen) atoms. The maximum absolute atomic E-state index is 13.1. The number of carbonyl (C=O) groups excluding carboxylic acids is 1. The molecule has 3 aliphatic rings. The highest BCUT2D eigenvalue weighted by Gasteiger charge is 2.41. The van der Waals surface area contributed by atoms with Gasteiger partial charge in [0, 0.05) is 19.6 Å². The van der Waals surface area contributed by atoms with Crippen LogP contribution in [0.4, 0.5) is 17.5 Å². The number of hydrogen-bond donors (Lipinski definition) is 1. The molecule has 0 radical (unpaired) electrons. The minimum atomic E-state index is -0.463. The number of amides is 1. The van der Waals surface area contributed by atoms with Gasteiger partial charge in [0.15, 0.2) is 5.82 Å². The average molecular weight is 410 g/mol. The molecule has 1 fully saturated rings. The Balaban J connectivity index is 1.69. The zero-order valence-corrected chi connectivity index (χ0v) is 18.8. The highest BCUT2D eigenvalue weighted by Crippen LogP contribution is 2.40. The molecular formula is C24H35N5O. The fourth-order valence-electron chi connectivity index (χ4n) is 5.00. The molecule has 6 heteroatoms. The summed E-state index contributed by atoms with van der Waals surface area (Å²) in [4.78, 5) is 26.9. The van der Waals surface area contributed by atoms with Gasteiger partial charge in [0.05, 0.1) is 17.7 Å². The van der Waals surface area contributed by atoms with Crippen molar-refractivity contribution < 1.29 is 4.79 Å². The van der Waals surface area contributed by atoms with Crippen LogP contribution in [-0.4, -0.2) is 41.6 Å². The standard InChI is InChI=1S/C24H35N5O/c1-5-19(17-11-7-6-8-12-17)26-23-25-15-20-21(27-23)29(18-13-9-10-14-18)16-24(2,3)22(30)28(20)4/h7,11-12,15,18-19H,5-6,8-10,13-14,16H2,1-4H3,(H,25,26,27)/t19-/m0/s1. The van der Waals surface area contributed by atoms with Crippen molar-refractivity contribution in [1.82, 2.24) is 9.97 Å². The first-order valence-electron chi connectivity index (χ1n) is 11.5. The lowest BCUT2D eigenvalue weighted by Crippen LogP contribution is -2.45. The molecule has 1 saturated carbocycles. The van der Waals surface area contributed by atoms with E-state index in [2.05, 4.69) is 40.4 Å². The number of nitrogens with one attached hydrogen (secondary N) is 1. The second-order valence-corrected chi connectivity index (χ2v) is 9.51. The Morgan fingerprint density at radius 3 is 2.70 bits per heavy atom. The molecule has 1 aromatic rings. The molecule has 2 aliphatic carbocycles. The summed E-state index contributed by atoms with van der Waals surface area (Å²) >= 11 is 0. The summed E-state index contributed by atoms with van der Waals surface area (Å²) < 4.78 is 0. The molecule has 1 aromatic heterocycles. The van der Waals surface area contributed by atoms with Crippen molar-refractivity contribution in [2.24, 2.45) is 5.41 Å². The Bertz CT molecular complexity index is 853. The van der Waals surface area contributed by atoms with E-state index < -0.39 is 5.41 Å². The molecule has 1 atom stereocenters. The molecule has 6 nitrogen and oxygen atoms in total. The van der Waals surface area contributed by atoms with Crippen molar-refractivity contribution in [3.05, 3.63) is 30.0 Å². The molecule has 0 aromatic carbocycles. The van der Waals surface area contributed by atoms with Gasteiger partial charge in [-0.25, -0.2) is 4.98 Å². The average Bonchev–Trinajstić information content (AvgIpc) is 3.28. The van der Waals surface area contributed by atoms with Crippen LogP contribution in [0.2, 0.25) is 0 Å². The van der Waals surface area contributed by atoms with Gasteiger partial charge in [0.25, 0.3) is 0 Å². The number of rotatable bonds is 5. The fraction of sp³-hybridized carbons (Fsp3) is 0.625. The lowest BCUT2D eigenvalue weighted by Gasteiger charge is -2.34. The van der Waals surface area contributed by atoms with E-state index in [9.17, 15) is 4.79 Å². The Labute approximate surface area is 180 Å². The van der Waals surface area contributed by atoms with Crippen molar-refractivity contribution in [1.29, 1.82) is 0 Å². The molecule has 162 valence electrons. The zero-order valence-electron chi connectivity index (χ0n) is 18.8. The van der Waals surface area contributed by atoms with E-state index in [1.165, 1.54) is 18.4 Å². The van der Waals surface area contributed by atoms with E-state index in [0.717, 1.165) is 43.6 Å². The van der Waals surface area contributed by atoms with Crippen LogP contribution in [0.1, 0.15) is 65.7 Å². The third kappa shape index (κ3) is 3.96. The summed E-state index contributed by atoms with van der Waals surface area (Å²) in [6.45, 7) is 6.96. The van der Waals surface area contributed by atoms with Crippen molar-refractivity contribution in [3.8, 4) is 0 Å². The topological polar surface area (TPSA) is 61.4 Å². The Hall–Kier alpha value is -2.37. The predicted molar refractivity (Wildman–Crippen MR) is 123 cm³/mol. The predicted octanol–water partition coefficient (Wildman–Crippen LogP) is 4.70. The van der Waals surface area contributed by atoms with Crippen LogP contribution in [0.25, 0.3) is 0 Å². The molecule has 2 heterocycles. The minimum absolute atomic E-state index is 0.123. The number of anilines is 3. The van der Waals surface area contributed by atoms with Gasteiger partial charge in [-0.2, -0.15) is 4.98 Å². The van der Waals surface area contributed by atoms with Crippen LogP contribution in [0.3, 0.4) is 0 Å². The normalized spacial score (nSPS) is 22.5. The van der Waals surface area contributed by atoms with Gasteiger partial charge >= 0.3 is 0 Å². The van der Waals surface area contributed by atoms with Gasteiger partial charge in [-0.05, 0) is 51.5 Å². The lowest BCUT2D eigenvalue weighted by atomic mass is 9.91. The number of nitrogens with zero attached hydrogens (tertiary/aromatic N) is 4. The number of carbonyl (C=O) groups is 1. The number of aromatic nitrogens is 2. The van der Waals surface area contributed by atoms with E-state index in [4.69, 9.17) is 4.98 Å². The summed E-state index contributed by atoms with van der Waals surface area (Å²) in [5.41, 5.74) is 1.66. The highest BCUT2D eigenvalue weighted by atomic mass is 16.2. The van der Waals surface area contributed by atoms with Gasteiger partial charge in [-0.15, -0.1) is 0 Å². The van der Waals surface area contributed by atoms with E-state index in [1.807, 2.05) is 27.1 Å². The number of fused-ring (bicyclic) bond motifs is 1. The van der Waals surface area contributed by atoms with Crippen LogP contribution >= 0.6 is 0 Å². The summed E-state index contributed by atoms with van der Waals surface area (Å²) in [6.07, 6.45) is 16.6. The van der Waals surface area contributed by atoms with Gasteiger partial charge in [-0.1, -0.05) is 38.0 Å². The third-order valence-electron chi connectivity index (χ3n) is 6.74. The molecular weight excluding hydrogens is 374 g/mol. The first-order chi connectivity index (χ1) is 14.4. The second-order valence-electron chi connectivity index (χ2n) is 9.51. The Morgan fingerprint density at radius 2 is 2.03 bits per heavy atom. The lowest BCUT2D eigenvalue weighted by molar-refractivity contribution is -0.125. The van der Waals surface area contributed by atoms with Crippen LogP contribution < -0.4 is 15.1 Å². The van der Waals surface area contributed by atoms with Crippen LogP contribution in [-0.2, 0) is 4.79 Å². The Kier molecular flexibility index (Phi) is 5.85. The molecule has 0 bridgehead atoms. The summed E-state index contributed by atoms with van der Waals surface area (Å²) in [6, 6.07) is 0.636. The Morgan fingerprint density at radius 1 is 1.27 bits per heavy atom. The minimum Gasteiger partial charge on any atom is -0.351 e. The van der Waals surface area contributed by atoms with Crippen molar-refractivity contribution >= 4 is 23.4 Å². The number of hydrogen-bond acceptors (Lipinski definition) is 5. The van der Waals surface area contributed by atoms with E-state index in [0.29, 0.717) is 18.5 Å². The first-order valence-corrected chi connectivity index (χ1v) is 11.5. The molecule has 1 amide bonds. The summed E-state index contributed by atoms with van der Waals surface area (Å²) in [5, 5.41) is 3.55. The van der Waals surface area contributed by atoms with Crippen molar-refractivity contribution in [3.63, 3.8) is 0 Å². The van der Waals surface area contributed by atoms with Crippen LogP contribution in [0.5, 0.6) is 0 Å². The zero-order chi connectivity index (χ0) is 21.3. The SMILES string of the molecule is CC[C@H](Nc1ncc2c(n1)N(C1CCCC1)CC(C)(C)C(=O)N2C)C1=CCCC=C1. The van der Waals surface area contributed by atoms with Gasteiger partial charge in [-0.3, -0.25) is 4.79 Å². The van der Waals surface area contributed by atoms with E-state index in [1.54, 1.807) is 4.90 Å². The molecule has 1 N–H and O–H groups in total. The van der Waals surface area contributed by atoms with Gasteiger partial charge in [0.2, 0.25) is 11.9 Å². The smallest absolute Gasteiger partial charge is 0.234 e. The molecule has 1 aliphatic heterocycles. The fourth-order valence-corrected chi connectivity index (χ4v) is 5.00. The first kappa shape index (κ1) is 20.9. The molecule has 4 rings (SSSR count). The van der Waals surface area contributed by atoms with Crippen LogP contribution in [0, 0.1) is 5.41 Å². The second kappa shape index (κ2) is 8.40. The van der Waals surface area contributed by atoms with Crippen molar-refractivity contribution in [2.75, 3.05) is 28.7 Å². The molecule has 0 unspecified atom stereocenters.